The fourth-order valence-electron chi connectivity index (χ4n) is 3.26. The fourth-order valence-corrected chi connectivity index (χ4v) is 3.26. The Hall–Kier alpha value is -1.61. The molecule has 0 heterocycles. The van der Waals surface area contributed by atoms with Crippen molar-refractivity contribution < 1.29 is 14.6 Å². The number of aliphatic hydroxyl groups is 1. The van der Waals surface area contributed by atoms with Crippen LogP contribution in [0.2, 0.25) is 0 Å². The third-order valence-electron chi connectivity index (χ3n) is 5.01. The van der Waals surface area contributed by atoms with Crippen LogP contribution in [0, 0.1) is 5.41 Å². The van der Waals surface area contributed by atoms with Crippen LogP contribution in [0.25, 0.3) is 0 Å². The van der Waals surface area contributed by atoms with Gasteiger partial charge in [0.15, 0.2) is 0 Å². The van der Waals surface area contributed by atoms with Crippen LogP contribution in [0.5, 0.6) is 0 Å². The second-order valence-corrected chi connectivity index (χ2v) is 7.70. The molecule has 1 aliphatic rings. The smallest absolute Gasteiger partial charge is 0.302 e. The van der Waals surface area contributed by atoms with Crippen molar-refractivity contribution in [2.24, 2.45) is 5.41 Å². The summed E-state index contributed by atoms with van der Waals surface area (Å²) in [4.78, 5) is 10.7. The van der Waals surface area contributed by atoms with Crippen LogP contribution in [0.15, 0.2) is 46.6 Å². The molecule has 0 aliphatic heterocycles. The molecule has 3 nitrogen and oxygen atoms in total. The Kier molecular flexibility index (Phi) is 8.37. The number of allylic oxidation sites excluding steroid dienone is 5. The lowest BCUT2D eigenvalue weighted by Gasteiger charge is -2.34. The van der Waals surface area contributed by atoms with E-state index in [4.69, 9.17) is 4.74 Å². The second kappa shape index (κ2) is 9.76. The van der Waals surface area contributed by atoms with Crippen molar-refractivity contribution in [2.45, 2.75) is 73.3 Å². The Morgan fingerprint density at radius 1 is 1.28 bits per heavy atom. The van der Waals surface area contributed by atoms with E-state index in [2.05, 4.69) is 26.8 Å². The van der Waals surface area contributed by atoms with Gasteiger partial charge in [-0.05, 0) is 63.5 Å². The molecule has 0 radical (unpaired) electrons. The highest BCUT2D eigenvalue weighted by Gasteiger charge is 2.27. The van der Waals surface area contributed by atoms with Gasteiger partial charge in [-0.25, -0.2) is 0 Å². The SMILES string of the molecule is CC(=O)OCC=C(C)C=CC(O)C(C)=CCC1=C(C)CCCC1(C)C. The van der Waals surface area contributed by atoms with Crippen molar-refractivity contribution in [3.63, 3.8) is 0 Å². The van der Waals surface area contributed by atoms with E-state index < -0.39 is 6.10 Å². The summed E-state index contributed by atoms with van der Waals surface area (Å²) >= 11 is 0. The lowest BCUT2D eigenvalue weighted by atomic mass is 9.71. The maximum atomic E-state index is 10.7. The van der Waals surface area contributed by atoms with Crippen LogP contribution < -0.4 is 0 Å². The van der Waals surface area contributed by atoms with Gasteiger partial charge in [0, 0.05) is 6.92 Å². The highest BCUT2D eigenvalue weighted by molar-refractivity contribution is 5.66. The van der Waals surface area contributed by atoms with Crippen molar-refractivity contribution >= 4 is 5.97 Å². The number of ether oxygens (including phenoxy) is 1. The van der Waals surface area contributed by atoms with Crippen LogP contribution in [-0.2, 0) is 9.53 Å². The Bertz CT molecular complexity index is 588. The molecule has 0 spiro atoms. The highest BCUT2D eigenvalue weighted by atomic mass is 16.5. The first kappa shape index (κ1) is 21.4. The van der Waals surface area contributed by atoms with E-state index in [1.54, 1.807) is 6.08 Å². The Balaban J connectivity index is 2.66. The largest absolute Gasteiger partial charge is 0.462 e. The summed E-state index contributed by atoms with van der Waals surface area (Å²) in [6.45, 7) is 12.4. The molecule has 0 fully saturated rings. The standard InChI is InChI=1S/C22H34O3/c1-16(13-15-25-19(4)23)9-12-21(24)18(3)10-11-20-17(2)8-7-14-22(20,5)6/h9-10,12-13,21,24H,7-8,11,14-15H2,1-6H3. The van der Waals surface area contributed by atoms with Gasteiger partial charge in [0.25, 0.3) is 0 Å². The van der Waals surface area contributed by atoms with Crippen molar-refractivity contribution in [3.05, 3.63) is 46.6 Å². The number of esters is 1. The average Bonchev–Trinajstić information content (AvgIpc) is 2.50. The molecule has 0 aromatic rings. The van der Waals surface area contributed by atoms with Gasteiger partial charge in [0.2, 0.25) is 0 Å². The molecule has 0 saturated heterocycles. The Labute approximate surface area is 153 Å². The highest BCUT2D eigenvalue weighted by Crippen LogP contribution is 2.42. The molecule has 1 unspecified atom stereocenters. The molecule has 1 N–H and O–H groups in total. The average molecular weight is 347 g/mol. The number of aliphatic hydroxyl groups excluding tert-OH is 1. The first-order chi connectivity index (χ1) is 11.6. The van der Waals surface area contributed by atoms with Gasteiger partial charge >= 0.3 is 5.97 Å². The topological polar surface area (TPSA) is 46.5 Å². The van der Waals surface area contributed by atoms with E-state index in [1.165, 1.54) is 37.3 Å². The van der Waals surface area contributed by atoms with E-state index in [1.807, 2.05) is 26.0 Å². The Morgan fingerprint density at radius 2 is 1.96 bits per heavy atom. The summed E-state index contributed by atoms with van der Waals surface area (Å²) < 4.78 is 4.87. The van der Waals surface area contributed by atoms with Crippen molar-refractivity contribution in [2.75, 3.05) is 6.61 Å². The van der Waals surface area contributed by atoms with Crippen LogP contribution in [-0.4, -0.2) is 23.8 Å². The monoisotopic (exact) mass is 346 g/mol. The quantitative estimate of drug-likeness (QED) is 0.388. The number of rotatable bonds is 7. The predicted molar refractivity (Wildman–Crippen MR) is 104 cm³/mol. The number of hydrogen-bond acceptors (Lipinski definition) is 3. The molecule has 0 aromatic carbocycles. The molecule has 3 heteroatoms. The van der Waals surface area contributed by atoms with E-state index >= 15 is 0 Å². The molecule has 0 saturated carbocycles. The van der Waals surface area contributed by atoms with Crippen molar-refractivity contribution in [1.82, 2.24) is 0 Å². The second-order valence-electron chi connectivity index (χ2n) is 7.70. The number of carbonyl (C=O) groups is 1. The van der Waals surface area contributed by atoms with E-state index in [0.717, 1.165) is 17.6 Å². The molecule has 1 aliphatic carbocycles. The first-order valence-electron chi connectivity index (χ1n) is 9.15. The molecule has 0 aromatic heterocycles. The molecule has 0 amide bonds. The zero-order valence-corrected chi connectivity index (χ0v) is 16.7. The lowest BCUT2D eigenvalue weighted by molar-refractivity contribution is -0.139. The summed E-state index contributed by atoms with van der Waals surface area (Å²) in [5.41, 5.74) is 5.21. The van der Waals surface area contributed by atoms with Crippen LogP contribution in [0.4, 0.5) is 0 Å². The summed E-state index contributed by atoms with van der Waals surface area (Å²) in [7, 11) is 0. The van der Waals surface area contributed by atoms with Gasteiger partial charge < -0.3 is 9.84 Å². The zero-order chi connectivity index (χ0) is 19.0. The summed E-state index contributed by atoms with van der Waals surface area (Å²) in [6.07, 6.45) is 11.6. The van der Waals surface area contributed by atoms with Crippen molar-refractivity contribution in [1.29, 1.82) is 0 Å². The van der Waals surface area contributed by atoms with E-state index in [9.17, 15) is 9.90 Å². The third-order valence-corrected chi connectivity index (χ3v) is 5.01. The maximum absolute atomic E-state index is 10.7. The van der Waals surface area contributed by atoms with Crippen LogP contribution in [0.3, 0.4) is 0 Å². The lowest BCUT2D eigenvalue weighted by Crippen LogP contribution is -2.20. The van der Waals surface area contributed by atoms with E-state index in [-0.39, 0.29) is 18.0 Å². The maximum Gasteiger partial charge on any atom is 0.302 e. The number of carbonyl (C=O) groups excluding carboxylic acids is 1. The Morgan fingerprint density at radius 3 is 2.56 bits per heavy atom. The summed E-state index contributed by atoms with van der Waals surface area (Å²) in [6, 6.07) is 0. The number of hydrogen-bond donors (Lipinski definition) is 1. The summed E-state index contributed by atoms with van der Waals surface area (Å²) in [5.74, 6) is -0.290. The van der Waals surface area contributed by atoms with E-state index in [0.29, 0.717) is 0 Å². The molecule has 25 heavy (non-hydrogen) atoms. The zero-order valence-electron chi connectivity index (χ0n) is 16.7. The minimum Gasteiger partial charge on any atom is -0.462 e. The minimum absolute atomic E-state index is 0.260. The van der Waals surface area contributed by atoms with Gasteiger partial charge in [-0.2, -0.15) is 0 Å². The van der Waals surface area contributed by atoms with Gasteiger partial charge in [-0.1, -0.05) is 48.8 Å². The molecular formula is C22H34O3. The third kappa shape index (κ3) is 7.43. The predicted octanol–water partition coefficient (Wildman–Crippen LogP) is 5.28. The van der Waals surface area contributed by atoms with Gasteiger partial charge in [0.05, 0.1) is 6.10 Å². The van der Waals surface area contributed by atoms with Gasteiger partial charge in [-0.3, -0.25) is 4.79 Å². The first-order valence-corrected chi connectivity index (χ1v) is 9.15. The summed E-state index contributed by atoms with van der Waals surface area (Å²) in [5, 5.41) is 10.3. The van der Waals surface area contributed by atoms with Crippen molar-refractivity contribution in [3.8, 4) is 0 Å². The minimum atomic E-state index is -0.593. The molecule has 0 bridgehead atoms. The fraction of sp³-hybridized carbons (Fsp3) is 0.591. The molecule has 1 atom stereocenters. The molecular weight excluding hydrogens is 312 g/mol. The van der Waals surface area contributed by atoms with Crippen LogP contribution in [0.1, 0.15) is 67.2 Å². The van der Waals surface area contributed by atoms with Gasteiger partial charge in [0.1, 0.15) is 6.61 Å². The van der Waals surface area contributed by atoms with Crippen LogP contribution >= 0.6 is 0 Å². The molecule has 1 rings (SSSR count). The normalized spacial score (nSPS) is 20.1. The van der Waals surface area contributed by atoms with Gasteiger partial charge in [-0.15, -0.1) is 0 Å². The molecule has 140 valence electrons.